The Kier molecular flexibility index (Phi) is 8.50. The Morgan fingerprint density at radius 2 is 1.53 bits per heavy atom. The standard InChI is InChI=1S/C31H34FN3O7S/c1-31(2,3)41-30(37)35-14-12-34(13-15-35)22-16-21(17-23(18-22)42-43(32,38)39)19-33-29(36)40-20-28-26-10-6-4-8-24(26)25-9-5-7-11-27(25)28/h4-11,16-18,28H,12-15,19-20H2,1-3H3,(H,33,36). The third kappa shape index (κ3) is 7.56. The van der Waals surface area contributed by atoms with E-state index in [9.17, 15) is 21.9 Å². The van der Waals surface area contributed by atoms with Gasteiger partial charge in [-0.15, -0.1) is 0 Å². The molecule has 1 saturated heterocycles. The van der Waals surface area contributed by atoms with Crippen molar-refractivity contribution in [1.82, 2.24) is 10.2 Å². The molecular weight excluding hydrogens is 577 g/mol. The molecule has 3 aromatic carbocycles. The summed E-state index contributed by atoms with van der Waals surface area (Å²) in [5.74, 6) is -0.338. The summed E-state index contributed by atoms with van der Waals surface area (Å²) < 4.78 is 51.4. The number of benzene rings is 3. The second-order valence-electron chi connectivity index (χ2n) is 11.4. The van der Waals surface area contributed by atoms with E-state index in [-0.39, 0.29) is 24.8 Å². The summed E-state index contributed by atoms with van der Waals surface area (Å²) in [5.41, 5.74) is 4.81. The van der Waals surface area contributed by atoms with Gasteiger partial charge in [-0.2, -0.15) is 8.42 Å². The van der Waals surface area contributed by atoms with Gasteiger partial charge < -0.3 is 28.8 Å². The predicted octanol–water partition coefficient (Wildman–Crippen LogP) is 5.38. The van der Waals surface area contributed by atoms with E-state index in [2.05, 4.69) is 21.6 Å². The molecule has 3 aromatic rings. The molecule has 0 bridgehead atoms. The predicted molar refractivity (Wildman–Crippen MR) is 159 cm³/mol. The van der Waals surface area contributed by atoms with Crippen LogP contribution in [0.3, 0.4) is 0 Å². The largest absolute Gasteiger partial charge is 0.488 e. The molecule has 1 aliphatic carbocycles. The van der Waals surface area contributed by atoms with Crippen LogP contribution in [0.2, 0.25) is 0 Å². The smallest absolute Gasteiger partial charge is 0.449 e. The lowest BCUT2D eigenvalue weighted by Gasteiger charge is -2.37. The molecule has 0 atom stereocenters. The number of amides is 2. The number of halogens is 1. The molecule has 0 radical (unpaired) electrons. The highest BCUT2D eigenvalue weighted by Gasteiger charge is 2.29. The molecular formula is C31H34FN3O7S. The number of piperazine rings is 1. The van der Waals surface area contributed by atoms with Crippen molar-refractivity contribution in [3.8, 4) is 16.9 Å². The fraction of sp³-hybridized carbons (Fsp3) is 0.355. The van der Waals surface area contributed by atoms with Crippen LogP contribution in [0.1, 0.15) is 43.4 Å². The Morgan fingerprint density at radius 1 is 0.930 bits per heavy atom. The van der Waals surface area contributed by atoms with Crippen molar-refractivity contribution >= 4 is 28.4 Å². The van der Waals surface area contributed by atoms with Gasteiger partial charge in [0.2, 0.25) is 0 Å². The van der Waals surface area contributed by atoms with E-state index in [0.717, 1.165) is 22.3 Å². The highest BCUT2D eigenvalue weighted by Crippen LogP contribution is 2.44. The van der Waals surface area contributed by atoms with Gasteiger partial charge in [0.05, 0.1) is 0 Å². The summed E-state index contributed by atoms with van der Waals surface area (Å²) in [6.45, 7) is 7.08. The normalized spacial score (nSPS) is 15.0. The quantitative estimate of drug-likeness (QED) is 0.355. The van der Waals surface area contributed by atoms with Crippen LogP contribution < -0.4 is 14.4 Å². The van der Waals surface area contributed by atoms with Gasteiger partial charge in [-0.3, -0.25) is 0 Å². The topological polar surface area (TPSA) is 114 Å². The fourth-order valence-electron chi connectivity index (χ4n) is 5.39. The first-order valence-corrected chi connectivity index (χ1v) is 15.3. The zero-order valence-corrected chi connectivity index (χ0v) is 25.0. The molecule has 1 N–H and O–H groups in total. The summed E-state index contributed by atoms with van der Waals surface area (Å²) >= 11 is 0. The van der Waals surface area contributed by atoms with E-state index in [1.165, 1.54) is 12.1 Å². The molecule has 43 heavy (non-hydrogen) atoms. The Bertz CT molecular complexity index is 1570. The Balaban J connectivity index is 1.23. The van der Waals surface area contributed by atoms with Crippen LogP contribution in [0.5, 0.6) is 5.75 Å². The summed E-state index contributed by atoms with van der Waals surface area (Å²) in [7, 11) is -5.28. The third-order valence-electron chi connectivity index (χ3n) is 7.22. The average Bonchev–Trinajstić information content (AvgIpc) is 3.27. The molecule has 1 fully saturated rings. The SMILES string of the molecule is CC(C)(C)OC(=O)N1CCN(c2cc(CNC(=O)OCC3c4ccccc4-c4ccccc43)cc(OS(=O)(=O)F)c2)CC1. The molecule has 0 saturated carbocycles. The Morgan fingerprint density at radius 3 is 2.12 bits per heavy atom. The minimum atomic E-state index is -5.28. The van der Waals surface area contributed by atoms with Gasteiger partial charge in [0.25, 0.3) is 0 Å². The molecule has 0 unspecified atom stereocenters. The van der Waals surface area contributed by atoms with Crippen molar-refractivity contribution in [3.05, 3.63) is 83.4 Å². The number of nitrogens with zero attached hydrogens (tertiary/aromatic N) is 2. The van der Waals surface area contributed by atoms with Crippen molar-refractivity contribution in [2.75, 3.05) is 37.7 Å². The number of hydrogen-bond donors (Lipinski definition) is 1. The lowest BCUT2D eigenvalue weighted by molar-refractivity contribution is 0.0240. The molecule has 12 heteroatoms. The van der Waals surface area contributed by atoms with Crippen molar-refractivity contribution in [1.29, 1.82) is 0 Å². The number of nitrogens with one attached hydrogen (secondary N) is 1. The molecule has 10 nitrogen and oxygen atoms in total. The number of alkyl carbamates (subject to hydrolysis) is 1. The van der Waals surface area contributed by atoms with E-state index in [1.54, 1.807) is 31.7 Å². The first kappa shape index (κ1) is 30.1. The van der Waals surface area contributed by atoms with Crippen LogP contribution in [0.15, 0.2) is 66.7 Å². The molecule has 2 aliphatic rings. The summed E-state index contributed by atoms with van der Waals surface area (Å²) in [5, 5.41) is 2.69. The molecule has 228 valence electrons. The zero-order chi connectivity index (χ0) is 30.8. The number of anilines is 1. The van der Waals surface area contributed by atoms with Crippen LogP contribution in [0.4, 0.5) is 19.2 Å². The van der Waals surface area contributed by atoms with Gasteiger partial charge >= 0.3 is 22.7 Å². The van der Waals surface area contributed by atoms with Crippen LogP contribution in [0, 0.1) is 0 Å². The maximum atomic E-state index is 13.4. The van der Waals surface area contributed by atoms with Crippen LogP contribution in [-0.4, -0.2) is 63.9 Å². The van der Waals surface area contributed by atoms with Gasteiger partial charge in [-0.25, -0.2) is 9.59 Å². The second-order valence-corrected chi connectivity index (χ2v) is 12.4. The summed E-state index contributed by atoms with van der Waals surface area (Å²) in [6, 6.07) is 20.5. The second kappa shape index (κ2) is 12.1. The van der Waals surface area contributed by atoms with Crippen molar-refractivity contribution < 1.29 is 35.5 Å². The van der Waals surface area contributed by atoms with Crippen molar-refractivity contribution in [2.24, 2.45) is 0 Å². The Hall–Kier alpha value is -4.32. The molecule has 0 aromatic heterocycles. The third-order valence-corrected chi connectivity index (χ3v) is 7.62. The van der Waals surface area contributed by atoms with Gasteiger partial charge in [-0.1, -0.05) is 52.4 Å². The molecule has 2 amide bonds. The zero-order valence-electron chi connectivity index (χ0n) is 24.2. The summed E-state index contributed by atoms with van der Waals surface area (Å²) in [4.78, 5) is 28.7. The van der Waals surface area contributed by atoms with Crippen molar-refractivity contribution in [2.45, 2.75) is 38.8 Å². The number of carbonyl (C=O) groups excluding carboxylic acids is 2. The first-order valence-electron chi connectivity index (χ1n) is 14.0. The number of hydrogen-bond acceptors (Lipinski definition) is 8. The average molecular weight is 612 g/mol. The fourth-order valence-corrected chi connectivity index (χ4v) is 5.71. The van der Waals surface area contributed by atoms with Crippen LogP contribution in [0.25, 0.3) is 11.1 Å². The summed E-state index contributed by atoms with van der Waals surface area (Å²) in [6.07, 6.45) is -1.07. The molecule has 5 rings (SSSR count). The van der Waals surface area contributed by atoms with E-state index < -0.39 is 28.3 Å². The van der Waals surface area contributed by atoms with E-state index >= 15 is 0 Å². The Labute approximate surface area is 250 Å². The van der Waals surface area contributed by atoms with Crippen molar-refractivity contribution in [3.63, 3.8) is 0 Å². The van der Waals surface area contributed by atoms with E-state index in [0.29, 0.717) is 37.4 Å². The minimum absolute atomic E-state index is 0.0227. The van der Waals surface area contributed by atoms with Crippen LogP contribution >= 0.6 is 0 Å². The van der Waals surface area contributed by atoms with E-state index in [1.807, 2.05) is 41.3 Å². The van der Waals surface area contributed by atoms with Gasteiger partial charge in [0, 0.05) is 50.4 Å². The van der Waals surface area contributed by atoms with Gasteiger partial charge in [-0.05, 0) is 60.7 Å². The molecule has 1 heterocycles. The monoisotopic (exact) mass is 611 g/mol. The first-order chi connectivity index (χ1) is 20.4. The lowest BCUT2D eigenvalue weighted by Crippen LogP contribution is -2.50. The van der Waals surface area contributed by atoms with Gasteiger partial charge in [0.1, 0.15) is 18.0 Å². The lowest BCUT2D eigenvalue weighted by atomic mass is 9.98. The number of ether oxygens (including phenoxy) is 2. The number of carbonyl (C=O) groups is 2. The number of fused-ring (bicyclic) bond motifs is 3. The van der Waals surface area contributed by atoms with Crippen LogP contribution in [-0.2, 0) is 26.5 Å². The highest BCUT2D eigenvalue weighted by atomic mass is 32.3. The number of rotatable bonds is 7. The van der Waals surface area contributed by atoms with Gasteiger partial charge in [0.15, 0.2) is 0 Å². The van der Waals surface area contributed by atoms with E-state index in [4.69, 9.17) is 9.47 Å². The highest BCUT2D eigenvalue weighted by molar-refractivity contribution is 7.81. The maximum absolute atomic E-state index is 13.4. The minimum Gasteiger partial charge on any atom is -0.449 e. The maximum Gasteiger partial charge on any atom is 0.488 e. The molecule has 0 spiro atoms. The molecule has 1 aliphatic heterocycles.